The zero-order chi connectivity index (χ0) is 21.2. The normalized spacial score (nSPS) is 14.7. The fourth-order valence-corrected chi connectivity index (χ4v) is 3.72. The number of hydrogen-bond acceptors (Lipinski definition) is 6. The van der Waals surface area contributed by atoms with Crippen molar-refractivity contribution in [2.24, 2.45) is 0 Å². The first kappa shape index (κ1) is 19.2. The third-order valence-corrected chi connectivity index (χ3v) is 5.46. The molecule has 5 rings (SSSR count). The molecule has 31 heavy (non-hydrogen) atoms. The maximum absolute atomic E-state index is 13.1. The first-order valence-corrected chi connectivity index (χ1v) is 10.1. The van der Waals surface area contributed by atoms with Crippen LogP contribution < -0.4 is 0 Å². The Morgan fingerprint density at radius 3 is 2.42 bits per heavy atom. The van der Waals surface area contributed by atoms with Crippen molar-refractivity contribution < 1.29 is 18.2 Å². The molecular weight excluding hydrogens is 399 g/mol. The predicted molar refractivity (Wildman–Crippen MR) is 110 cm³/mol. The maximum atomic E-state index is 13.1. The third-order valence-electron chi connectivity index (χ3n) is 5.46. The number of aromatic nitrogens is 3. The van der Waals surface area contributed by atoms with Gasteiger partial charge in [-0.2, -0.15) is 4.98 Å². The number of amides is 1. The van der Waals surface area contributed by atoms with Crippen molar-refractivity contribution >= 4 is 5.91 Å². The highest BCUT2D eigenvalue weighted by atomic mass is 19.1. The van der Waals surface area contributed by atoms with Crippen LogP contribution in [0.3, 0.4) is 0 Å². The van der Waals surface area contributed by atoms with E-state index >= 15 is 0 Å². The fourth-order valence-electron chi connectivity index (χ4n) is 3.72. The number of rotatable bonds is 4. The van der Waals surface area contributed by atoms with Crippen molar-refractivity contribution in [3.8, 4) is 22.7 Å². The Labute approximate surface area is 177 Å². The number of halogens is 1. The van der Waals surface area contributed by atoms with Crippen LogP contribution in [0.4, 0.5) is 4.39 Å². The first-order chi connectivity index (χ1) is 15.2. The summed E-state index contributed by atoms with van der Waals surface area (Å²) < 4.78 is 23.9. The van der Waals surface area contributed by atoms with Crippen LogP contribution >= 0.6 is 0 Å². The van der Waals surface area contributed by atoms with Gasteiger partial charge < -0.3 is 13.9 Å². The number of hydrogen-bond donors (Lipinski definition) is 0. The van der Waals surface area contributed by atoms with E-state index in [0.29, 0.717) is 54.7 Å². The Hall–Kier alpha value is -3.81. The molecule has 0 bridgehead atoms. The molecule has 1 fully saturated rings. The Balaban J connectivity index is 1.22. The van der Waals surface area contributed by atoms with E-state index in [9.17, 15) is 9.18 Å². The summed E-state index contributed by atoms with van der Waals surface area (Å²) in [7, 11) is 0. The average Bonchev–Trinajstić information content (AvgIpc) is 3.50. The van der Waals surface area contributed by atoms with Crippen molar-refractivity contribution in [2.45, 2.75) is 18.8 Å². The van der Waals surface area contributed by atoms with Gasteiger partial charge in [0.15, 0.2) is 11.5 Å². The Kier molecular flexibility index (Phi) is 5.03. The molecule has 1 aliphatic rings. The Morgan fingerprint density at radius 1 is 0.935 bits per heavy atom. The second-order valence-electron chi connectivity index (χ2n) is 7.47. The lowest BCUT2D eigenvalue weighted by molar-refractivity contribution is 0.0694. The summed E-state index contributed by atoms with van der Waals surface area (Å²) in [6, 6.07) is 17.2. The zero-order valence-electron chi connectivity index (χ0n) is 16.6. The van der Waals surface area contributed by atoms with E-state index in [1.165, 1.54) is 12.1 Å². The quantitative estimate of drug-likeness (QED) is 0.483. The van der Waals surface area contributed by atoms with Gasteiger partial charge in [0.05, 0.1) is 0 Å². The molecule has 0 atom stereocenters. The molecule has 0 spiro atoms. The monoisotopic (exact) mass is 418 g/mol. The Morgan fingerprint density at radius 2 is 1.68 bits per heavy atom. The van der Waals surface area contributed by atoms with Gasteiger partial charge in [-0.3, -0.25) is 4.79 Å². The number of nitrogens with zero attached hydrogens (tertiary/aromatic N) is 4. The van der Waals surface area contributed by atoms with Gasteiger partial charge in [-0.15, -0.1) is 0 Å². The van der Waals surface area contributed by atoms with Crippen LogP contribution in [0.1, 0.15) is 35.1 Å². The summed E-state index contributed by atoms with van der Waals surface area (Å²) in [5.41, 5.74) is 1.87. The number of piperidine rings is 1. The van der Waals surface area contributed by atoms with Gasteiger partial charge in [0.1, 0.15) is 5.82 Å². The molecule has 0 unspecified atom stereocenters. The van der Waals surface area contributed by atoms with E-state index < -0.39 is 0 Å². The number of likely N-dealkylation sites (tertiary alicyclic amines) is 1. The fraction of sp³-hybridized carbons (Fsp3) is 0.217. The van der Waals surface area contributed by atoms with Crippen LogP contribution in [0, 0.1) is 5.82 Å². The van der Waals surface area contributed by atoms with Crippen LogP contribution in [0.2, 0.25) is 0 Å². The summed E-state index contributed by atoms with van der Waals surface area (Å²) in [4.78, 5) is 19.1. The SMILES string of the molecule is O=C(c1cc(-c2ccccc2)on1)N1CCC(c2nc(-c3ccc(F)cc3)no2)CC1. The highest BCUT2D eigenvalue weighted by Crippen LogP contribution is 2.29. The molecule has 1 aliphatic heterocycles. The number of benzene rings is 2. The standard InChI is InChI=1S/C23H19FN4O3/c24-18-8-6-16(7-9-18)21-25-22(31-27-21)17-10-12-28(13-11-17)23(29)19-14-20(30-26-19)15-4-2-1-3-5-15/h1-9,14,17H,10-13H2. The zero-order valence-corrected chi connectivity index (χ0v) is 16.6. The van der Waals surface area contributed by atoms with Gasteiger partial charge in [-0.05, 0) is 37.1 Å². The van der Waals surface area contributed by atoms with Crippen molar-refractivity contribution in [3.63, 3.8) is 0 Å². The summed E-state index contributed by atoms with van der Waals surface area (Å²) in [5.74, 6) is 1.15. The van der Waals surface area contributed by atoms with Crippen molar-refractivity contribution in [1.29, 1.82) is 0 Å². The second kappa shape index (κ2) is 8.14. The molecule has 2 aromatic carbocycles. The summed E-state index contributed by atoms with van der Waals surface area (Å²) in [5, 5.41) is 7.97. The lowest BCUT2D eigenvalue weighted by atomic mass is 9.96. The summed E-state index contributed by atoms with van der Waals surface area (Å²) in [6.07, 6.45) is 1.42. The number of carbonyl (C=O) groups is 1. The van der Waals surface area contributed by atoms with Crippen LogP contribution in [-0.2, 0) is 0 Å². The van der Waals surface area contributed by atoms with Gasteiger partial charge in [-0.25, -0.2) is 4.39 Å². The van der Waals surface area contributed by atoms with E-state index in [1.807, 2.05) is 30.3 Å². The van der Waals surface area contributed by atoms with Crippen molar-refractivity contribution in [2.75, 3.05) is 13.1 Å². The molecule has 8 heteroatoms. The topological polar surface area (TPSA) is 85.3 Å². The lowest BCUT2D eigenvalue weighted by Gasteiger charge is -2.29. The molecule has 0 saturated carbocycles. The van der Waals surface area contributed by atoms with Crippen LogP contribution in [0.5, 0.6) is 0 Å². The molecule has 0 aliphatic carbocycles. The molecule has 156 valence electrons. The minimum atomic E-state index is -0.312. The van der Waals surface area contributed by atoms with Gasteiger partial charge in [-0.1, -0.05) is 40.6 Å². The first-order valence-electron chi connectivity index (χ1n) is 10.1. The molecule has 7 nitrogen and oxygen atoms in total. The van der Waals surface area contributed by atoms with Crippen LogP contribution in [0.25, 0.3) is 22.7 Å². The van der Waals surface area contributed by atoms with E-state index in [-0.39, 0.29) is 17.6 Å². The van der Waals surface area contributed by atoms with Gasteiger partial charge in [0, 0.05) is 36.2 Å². The van der Waals surface area contributed by atoms with Crippen molar-refractivity contribution in [3.05, 3.63) is 78.1 Å². The Bertz CT molecular complexity index is 1180. The van der Waals surface area contributed by atoms with E-state index in [0.717, 1.165) is 5.56 Å². The molecule has 0 N–H and O–H groups in total. The molecule has 2 aromatic heterocycles. The highest BCUT2D eigenvalue weighted by Gasteiger charge is 2.29. The smallest absolute Gasteiger partial charge is 0.276 e. The van der Waals surface area contributed by atoms with E-state index in [2.05, 4.69) is 15.3 Å². The molecular formula is C23H19FN4O3. The van der Waals surface area contributed by atoms with Gasteiger partial charge in [0.25, 0.3) is 5.91 Å². The largest absolute Gasteiger partial charge is 0.355 e. The van der Waals surface area contributed by atoms with E-state index in [1.54, 1.807) is 23.1 Å². The molecule has 0 radical (unpaired) electrons. The minimum Gasteiger partial charge on any atom is -0.355 e. The second-order valence-corrected chi connectivity index (χ2v) is 7.47. The lowest BCUT2D eigenvalue weighted by Crippen LogP contribution is -2.38. The molecule has 1 saturated heterocycles. The molecule has 1 amide bonds. The predicted octanol–water partition coefficient (Wildman–Crippen LogP) is 4.55. The van der Waals surface area contributed by atoms with E-state index in [4.69, 9.17) is 9.05 Å². The van der Waals surface area contributed by atoms with Crippen LogP contribution in [0.15, 0.2) is 69.7 Å². The summed E-state index contributed by atoms with van der Waals surface area (Å²) in [6.45, 7) is 1.12. The molecule has 4 aromatic rings. The summed E-state index contributed by atoms with van der Waals surface area (Å²) >= 11 is 0. The van der Waals surface area contributed by atoms with Gasteiger partial charge in [0.2, 0.25) is 11.7 Å². The van der Waals surface area contributed by atoms with Crippen LogP contribution in [-0.4, -0.2) is 39.2 Å². The van der Waals surface area contributed by atoms with Gasteiger partial charge >= 0.3 is 0 Å². The average molecular weight is 418 g/mol. The molecule has 3 heterocycles. The highest BCUT2D eigenvalue weighted by molar-refractivity contribution is 5.93. The number of carbonyl (C=O) groups excluding carboxylic acids is 1. The maximum Gasteiger partial charge on any atom is 0.276 e. The third kappa shape index (κ3) is 3.96. The minimum absolute atomic E-state index is 0.0722. The van der Waals surface area contributed by atoms with Crippen molar-refractivity contribution in [1.82, 2.24) is 20.2 Å².